The lowest BCUT2D eigenvalue weighted by molar-refractivity contribution is -0.139. The molecule has 0 aliphatic rings. The normalized spacial score (nSPS) is 12.4. The zero-order chi connectivity index (χ0) is 26.5. The minimum Gasteiger partial charge on any atom is -0.354 e. The van der Waals surface area contributed by atoms with E-state index in [1.54, 1.807) is 37.3 Å². The number of anilines is 1. The molecule has 0 fully saturated rings. The number of carbonyl (C=O) groups excluding carboxylic acids is 2. The maximum Gasteiger partial charge on any atom is 0.244 e. The lowest BCUT2D eigenvalue weighted by Gasteiger charge is -2.32. The van der Waals surface area contributed by atoms with Gasteiger partial charge in [0.1, 0.15) is 18.4 Å². The second-order valence-electron chi connectivity index (χ2n) is 9.20. The van der Waals surface area contributed by atoms with Crippen LogP contribution in [-0.2, 0) is 26.2 Å². The zero-order valence-corrected chi connectivity index (χ0v) is 21.8. The third-order valence-corrected chi connectivity index (χ3v) is 6.99. The van der Waals surface area contributed by atoms with Gasteiger partial charge in [0.25, 0.3) is 0 Å². The Kier molecular flexibility index (Phi) is 8.68. The van der Waals surface area contributed by atoms with E-state index in [0.717, 1.165) is 15.9 Å². The van der Waals surface area contributed by atoms with Gasteiger partial charge in [0.15, 0.2) is 0 Å². The molecular formula is C27H32FN3O4S. The number of benzene rings is 3. The number of sulfonamides is 1. The third kappa shape index (κ3) is 6.60. The Morgan fingerprint density at radius 1 is 0.944 bits per heavy atom. The van der Waals surface area contributed by atoms with Crippen LogP contribution >= 0.6 is 0 Å². The van der Waals surface area contributed by atoms with Gasteiger partial charge in [0, 0.05) is 24.0 Å². The lowest BCUT2D eigenvalue weighted by Crippen LogP contribution is -2.51. The summed E-state index contributed by atoms with van der Waals surface area (Å²) >= 11 is 0. The van der Waals surface area contributed by atoms with Crippen molar-refractivity contribution in [2.24, 2.45) is 5.92 Å². The molecule has 0 spiro atoms. The van der Waals surface area contributed by atoms with Gasteiger partial charge >= 0.3 is 0 Å². The fourth-order valence-corrected chi connectivity index (χ4v) is 4.73. The quantitative estimate of drug-likeness (QED) is 0.445. The van der Waals surface area contributed by atoms with Gasteiger partial charge in [0.05, 0.1) is 11.9 Å². The first-order chi connectivity index (χ1) is 17.0. The van der Waals surface area contributed by atoms with Gasteiger partial charge in [-0.1, -0.05) is 68.4 Å². The first-order valence-electron chi connectivity index (χ1n) is 11.7. The zero-order valence-electron chi connectivity index (χ0n) is 20.9. The van der Waals surface area contributed by atoms with Crippen LogP contribution in [0.5, 0.6) is 0 Å². The maximum atomic E-state index is 14.5. The molecule has 3 aromatic rings. The lowest BCUT2D eigenvalue weighted by atomic mass is 10.1. The van der Waals surface area contributed by atoms with E-state index in [1.807, 2.05) is 32.0 Å². The van der Waals surface area contributed by atoms with Crippen molar-refractivity contribution in [2.75, 3.05) is 23.7 Å². The summed E-state index contributed by atoms with van der Waals surface area (Å²) in [4.78, 5) is 27.7. The highest BCUT2D eigenvalue weighted by molar-refractivity contribution is 7.92. The largest absolute Gasteiger partial charge is 0.354 e. The van der Waals surface area contributed by atoms with E-state index >= 15 is 0 Å². The van der Waals surface area contributed by atoms with Crippen molar-refractivity contribution in [1.82, 2.24) is 10.2 Å². The van der Waals surface area contributed by atoms with Crippen molar-refractivity contribution in [3.63, 3.8) is 0 Å². The summed E-state index contributed by atoms with van der Waals surface area (Å²) in [6, 6.07) is 17.5. The molecule has 0 bridgehead atoms. The Labute approximate surface area is 212 Å². The van der Waals surface area contributed by atoms with Crippen LogP contribution in [0.3, 0.4) is 0 Å². The van der Waals surface area contributed by atoms with Crippen LogP contribution in [-0.4, -0.2) is 50.5 Å². The van der Waals surface area contributed by atoms with Crippen molar-refractivity contribution in [1.29, 1.82) is 0 Å². The minimum absolute atomic E-state index is 0.186. The van der Waals surface area contributed by atoms with E-state index in [1.165, 1.54) is 23.1 Å². The van der Waals surface area contributed by atoms with E-state index in [2.05, 4.69) is 5.32 Å². The van der Waals surface area contributed by atoms with Crippen molar-refractivity contribution in [2.45, 2.75) is 33.4 Å². The number of nitrogens with one attached hydrogen (secondary N) is 1. The second kappa shape index (κ2) is 11.5. The molecule has 1 unspecified atom stereocenters. The highest BCUT2D eigenvalue weighted by atomic mass is 32.2. The van der Waals surface area contributed by atoms with Crippen molar-refractivity contribution in [3.8, 4) is 0 Å². The summed E-state index contributed by atoms with van der Waals surface area (Å²) in [7, 11) is -3.88. The molecule has 2 amide bonds. The molecule has 0 aromatic heterocycles. The van der Waals surface area contributed by atoms with Crippen LogP contribution in [0, 0.1) is 11.7 Å². The summed E-state index contributed by atoms with van der Waals surface area (Å²) in [6.07, 6.45) is 1.03. The molecule has 0 saturated heterocycles. The number of hydrogen-bond donors (Lipinski definition) is 1. The average Bonchev–Trinajstić information content (AvgIpc) is 2.83. The predicted octanol–water partition coefficient (Wildman–Crippen LogP) is 3.93. The van der Waals surface area contributed by atoms with Crippen LogP contribution in [0.4, 0.5) is 10.1 Å². The Morgan fingerprint density at radius 2 is 1.58 bits per heavy atom. The van der Waals surface area contributed by atoms with Crippen LogP contribution in [0.1, 0.15) is 26.3 Å². The molecule has 0 saturated carbocycles. The van der Waals surface area contributed by atoms with E-state index in [0.29, 0.717) is 17.6 Å². The van der Waals surface area contributed by atoms with E-state index < -0.39 is 40.2 Å². The molecule has 3 aromatic carbocycles. The molecule has 7 nitrogen and oxygen atoms in total. The van der Waals surface area contributed by atoms with E-state index in [-0.39, 0.29) is 18.0 Å². The summed E-state index contributed by atoms with van der Waals surface area (Å²) in [5, 5.41) is 4.29. The first-order valence-corrected chi connectivity index (χ1v) is 13.6. The molecule has 0 aliphatic heterocycles. The molecule has 192 valence electrons. The van der Waals surface area contributed by atoms with Crippen LogP contribution in [0.25, 0.3) is 10.8 Å². The van der Waals surface area contributed by atoms with Gasteiger partial charge in [-0.25, -0.2) is 12.8 Å². The summed E-state index contributed by atoms with van der Waals surface area (Å²) < 4.78 is 41.2. The summed E-state index contributed by atoms with van der Waals surface area (Å²) in [6.45, 7) is 5.13. The molecule has 0 heterocycles. The smallest absolute Gasteiger partial charge is 0.244 e. The highest BCUT2D eigenvalue weighted by Gasteiger charge is 2.31. The van der Waals surface area contributed by atoms with Crippen molar-refractivity contribution >= 4 is 38.3 Å². The Balaban J connectivity index is 1.98. The molecule has 1 atom stereocenters. The molecule has 9 heteroatoms. The molecule has 36 heavy (non-hydrogen) atoms. The Bertz CT molecular complexity index is 1340. The van der Waals surface area contributed by atoms with Crippen molar-refractivity contribution in [3.05, 3.63) is 78.1 Å². The Morgan fingerprint density at radius 3 is 2.25 bits per heavy atom. The van der Waals surface area contributed by atoms with Gasteiger partial charge in [-0.3, -0.25) is 13.9 Å². The van der Waals surface area contributed by atoms with Crippen molar-refractivity contribution < 1.29 is 22.4 Å². The molecule has 0 aliphatic carbocycles. The van der Waals surface area contributed by atoms with Gasteiger partial charge in [-0.05, 0) is 30.4 Å². The molecule has 1 N–H and O–H groups in total. The summed E-state index contributed by atoms with van der Waals surface area (Å²) in [5.74, 6) is -1.34. The summed E-state index contributed by atoms with van der Waals surface area (Å²) in [5.41, 5.74) is 0.581. The Hall–Kier alpha value is -3.46. The molecular weight excluding hydrogens is 481 g/mol. The predicted molar refractivity (Wildman–Crippen MR) is 140 cm³/mol. The first kappa shape index (κ1) is 27.1. The highest BCUT2D eigenvalue weighted by Crippen LogP contribution is 2.28. The number of carbonyl (C=O) groups is 2. The van der Waals surface area contributed by atoms with E-state index in [4.69, 9.17) is 0 Å². The maximum absolute atomic E-state index is 14.5. The topological polar surface area (TPSA) is 86.8 Å². The minimum atomic E-state index is -3.88. The van der Waals surface area contributed by atoms with Crippen LogP contribution in [0.2, 0.25) is 0 Å². The molecule has 0 radical (unpaired) electrons. The number of rotatable bonds is 10. The number of hydrogen-bond acceptors (Lipinski definition) is 4. The third-order valence-electron chi connectivity index (χ3n) is 5.86. The number of nitrogens with zero attached hydrogens (tertiary/aromatic N) is 2. The van der Waals surface area contributed by atoms with Gasteiger partial charge < -0.3 is 10.2 Å². The fourth-order valence-electron chi connectivity index (χ4n) is 3.87. The number of amides is 2. The second-order valence-corrected chi connectivity index (χ2v) is 11.1. The molecule has 3 rings (SSSR count). The van der Waals surface area contributed by atoms with Gasteiger partial charge in [-0.2, -0.15) is 0 Å². The number of fused-ring (bicyclic) bond motifs is 1. The average molecular weight is 514 g/mol. The number of halogens is 1. The van der Waals surface area contributed by atoms with Gasteiger partial charge in [0.2, 0.25) is 21.8 Å². The van der Waals surface area contributed by atoms with Gasteiger partial charge in [-0.15, -0.1) is 0 Å². The van der Waals surface area contributed by atoms with Crippen LogP contribution < -0.4 is 9.62 Å². The van der Waals surface area contributed by atoms with E-state index in [9.17, 15) is 22.4 Å². The van der Waals surface area contributed by atoms with Crippen LogP contribution in [0.15, 0.2) is 66.7 Å². The monoisotopic (exact) mass is 513 g/mol. The SMILES string of the molecule is CC(C)CNC(=O)C(C)N(Cc1ccccc1F)C(=O)CN(c1cccc2ccccc12)S(C)(=O)=O. The fraction of sp³-hybridized carbons (Fsp3) is 0.333. The standard InChI is InChI=1S/C27H32FN3O4S/c1-19(2)16-29-27(33)20(3)30(17-22-11-6-8-14-24(22)28)26(32)18-31(36(4,34)35)25-15-9-12-21-10-5-7-13-23(21)25/h5-15,19-20H,16-18H2,1-4H3,(H,29,33).